The standard InChI is InChI=1S/C8H7Cl3N2.ClH/c9-4-3-13-8(11)7(10)6(4)5-1-2-12-5;/h3,5,12H,1-2H2;1H/t5-;/m0./s1. The van der Waals surface area contributed by atoms with Crippen molar-refractivity contribution in [3.05, 3.63) is 27.0 Å². The minimum atomic E-state index is 0. The van der Waals surface area contributed by atoms with Crippen molar-refractivity contribution in [3.8, 4) is 0 Å². The molecular weight excluding hydrogens is 266 g/mol. The van der Waals surface area contributed by atoms with Crippen LogP contribution in [0.4, 0.5) is 0 Å². The van der Waals surface area contributed by atoms with Crippen LogP contribution < -0.4 is 5.32 Å². The largest absolute Gasteiger partial charge is 0.310 e. The molecule has 0 radical (unpaired) electrons. The maximum absolute atomic E-state index is 5.99. The lowest BCUT2D eigenvalue weighted by Crippen LogP contribution is -2.35. The van der Waals surface area contributed by atoms with Crippen LogP contribution in [0.5, 0.6) is 0 Å². The van der Waals surface area contributed by atoms with Gasteiger partial charge in [0.15, 0.2) is 0 Å². The molecule has 1 aliphatic heterocycles. The Morgan fingerprint density at radius 1 is 1.36 bits per heavy atom. The first-order valence-corrected chi connectivity index (χ1v) is 5.06. The molecule has 2 heterocycles. The molecule has 1 aromatic heterocycles. The predicted molar refractivity (Wildman–Crippen MR) is 61.9 cm³/mol. The molecule has 0 aromatic carbocycles. The summed E-state index contributed by atoms with van der Waals surface area (Å²) in [6.07, 6.45) is 2.57. The van der Waals surface area contributed by atoms with Gasteiger partial charge in [0.2, 0.25) is 0 Å². The number of nitrogens with one attached hydrogen (secondary N) is 1. The number of nitrogens with zero attached hydrogens (tertiary/aromatic N) is 1. The molecule has 1 fully saturated rings. The van der Waals surface area contributed by atoms with Crippen LogP contribution in [-0.4, -0.2) is 11.5 Å². The molecule has 6 heteroatoms. The molecule has 0 unspecified atom stereocenters. The Kier molecular flexibility index (Phi) is 4.29. The van der Waals surface area contributed by atoms with Gasteiger partial charge in [-0.1, -0.05) is 34.8 Å². The first-order valence-electron chi connectivity index (χ1n) is 3.93. The molecule has 78 valence electrons. The molecule has 1 saturated heterocycles. The second-order valence-corrected chi connectivity index (χ2v) is 4.06. The lowest BCUT2D eigenvalue weighted by atomic mass is 9.99. The highest BCUT2D eigenvalue weighted by atomic mass is 35.5. The summed E-state index contributed by atoms with van der Waals surface area (Å²) in [6.45, 7) is 0.997. The first-order chi connectivity index (χ1) is 6.20. The topological polar surface area (TPSA) is 24.9 Å². The van der Waals surface area contributed by atoms with E-state index in [2.05, 4.69) is 10.3 Å². The quantitative estimate of drug-likeness (QED) is 0.793. The van der Waals surface area contributed by atoms with E-state index >= 15 is 0 Å². The average Bonchev–Trinajstić information content (AvgIpc) is 2.02. The van der Waals surface area contributed by atoms with Gasteiger partial charge < -0.3 is 5.32 Å². The summed E-state index contributed by atoms with van der Waals surface area (Å²) in [5.41, 5.74) is 0.870. The number of pyridine rings is 1. The van der Waals surface area contributed by atoms with E-state index in [1.54, 1.807) is 0 Å². The van der Waals surface area contributed by atoms with Gasteiger partial charge in [-0.3, -0.25) is 0 Å². The number of hydrogen-bond acceptors (Lipinski definition) is 2. The molecule has 0 bridgehead atoms. The zero-order chi connectivity index (χ0) is 9.42. The predicted octanol–water partition coefficient (Wildman–Crippen LogP) is 3.50. The highest BCUT2D eigenvalue weighted by Crippen LogP contribution is 2.37. The Balaban J connectivity index is 0.000000980. The lowest BCUT2D eigenvalue weighted by Gasteiger charge is -2.29. The Bertz CT molecular complexity index is 338. The van der Waals surface area contributed by atoms with Crippen LogP contribution >= 0.6 is 47.2 Å². The average molecular weight is 274 g/mol. The molecule has 0 amide bonds. The second kappa shape index (κ2) is 4.86. The number of rotatable bonds is 1. The molecule has 0 spiro atoms. The van der Waals surface area contributed by atoms with Gasteiger partial charge in [0.05, 0.1) is 10.0 Å². The van der Waals surface area contributed by atoms with Gasteiger partial charge in [0.1, 0.15) is 5.15 Å². The van der Waals surface area contributed by atoms with Gasteiger partial charge >= 0.3 is 0 Å². The fourth-order valence-corrected chi connectivity index (χ4v) is 2.07. The SMILES string of the molecule is Cl.Clc1cnc(Cl)c(Cl)c1[C@@H]1CCN1. The highest BCUT2D eigenvalue weighted by Gasteiger charge is 2.25. The molecule has 1 N–H and O–H groups in total. The van der Waals surface area contributed by atoms with Crippen molar-refractivity contribution in [3.63, 3.8) is 0 Å². The van der Waals surface area contributed by atoms with Crippen molar-refractivity contribution >= 4 is 47.2 Å². The van der Waals surface area contributed by atoms with Crippen LogP contribution in [0.2, 0.25) is 15.2 Å². The molecule has 1 aliphatic rings. The normalized spacial score (nSPS) is 19.8. The lowest BCUT2D eigenvalue weighted by molar-refractivity contribution is 0.383. The van der Waals surface area contributed by atoms with E-state index in [0.29, 0.717) is 15.2 Å². The second-order valence-electron chi connectivity index (χ2n) is 2.92. The monoisotopic (exact) mass is 272 g/mol. The fraction of sp³-hybridized carbons (Fsp3) is 0.375. The Morgan fingerprint density at radius 3 is 2.50 bits per heavy atom. The smallest absolute Gasteiger partial charge is 0.148 e. The Morgan fingerprint density at radius 2 is 2.00 bits per heavy atom. The molecule has 0 saturated carbocycles. The van der Waals surface area contributed by atoms with E-state index in [1.165, 1.54) is 6.20 Å². The summed E-state index contributed by atoms with van der Waals surface area (Å²) >= 11 is 17.7. The van der Waals surface area contributed by atoms with Crippen molar-refractivity contribution in [1.82, 2.24) is 10.3 Å². The molecule has 0 aliphatic carbocycles. The summed E-state index contributed by atoms with van der Waals surface area (Å²) in [7, 11) is 0. The Hall–Kier alpha value is 0.270. The zero-order valence-electron chi connectivity index (χ0n) is 7.06. The van der Waals surface area contributed by atoms with E-state index in [-0.39, 0.29) is 18.4 Å². The molecule has 1 atom stereocenters. The third kappa shape index (κ3) is 2.10. The fourth-order valence-electron chi connectivity index (χ4n) is 1.31. The number of hydrogen-bond donors (Lipinski definition) is 1. The van der Waals surface area contributed by atoms with Gasteiger partial charge in [-0.15, -0.1) is 12.4 Å². The summed E-state index contributed by atoms with van der Waals surface area (Å²) in [6, 6.07) is 0.237. The van der Waals surface area contributed by atoms with Crippen molar-refractivity contribution in [2.45, 2.75) is 12.5 Å². The van der Waals surface area contributed by atoms with Gasteiger partial charge in [-0.05, 0) is 13.0 Å². The van der Waals surface area contributed by atoms with Crippen LogP contribution in [-0.2, 0) is 0 Å². The van der Waals surface area contributed by atoms with E-state index in [1.807, 2.05) is 0 Å². The van der Waals surface area contributed by atoms with Crippen molar-refractivity contribution in [2.24, 2.45) is 0 Å². The zero-order valence-corrected chi connectivity index (χ0v) is 10.1. The molecule has 14 heavy (non-hydrogen) atoms. The van der Waals surface area contributed by atoms with E-state index in [4.69, 9.17) is 34.8 Å². The van der Waals surface area contributed by atoms with Crippen LogP contribution in [0.1, 0.15) is 18.0 Å². The number of aromatic nitrogens is 1. The van der Waals surface area contributed by atoms with Crippen LogP contribution in [0.3, 0.4) is 0 Å². The van der Waals surface area contributed by atoms with E-state index in [9.17, 15) is 0 Å². The van der Waals surface area contributed by atoms with Crippen molar-refractivity contribution in [2.75, 3.05) is 6.54 Å². The summed E-state index contributed by atoms with van der Waals surface area (Å²) < 4.78 is 0. The van der Waals surface area contributed by atoms with Crippen molar-refractivity contribution in [1.29, 1.82) is 0 Å². The van der Waals surface area contributed by atoms with Crippen LogP contribution in [0.25, 0.3) is 0 Å². The van der Waals surface area contributed by atoms with E-state index < -0.39 is 0 Å². The highest BCUT2D eigenvalue weighted by molar-refractivity contribution is 6.43. The Labute approximate surface area is 103 Å². The summed E-state index contributed by atoms with van der Waals surface area (Å²) in [5.74, 6) is 0. The van der Waals surface area contributed by atoms with Crippen LogP contribution in [0.15, 0.2) is 6.20 Å². The maximum Gasteiger partial charge on any atom is 0.148 e. The summed E-state index contributed by atoms with van der Waals surface area (Å²) in [4.78, 5) is 3.85. The first kappa shape index (κ1) is 12.3. The van der Waals surface area contributed by atoms with Crippen LogP contribution in [0, 0.1) is 0 Å². The molecular formula is C8H8Cl4N2. The van der Waals surface area contributed by atoms with E-state index in [0.717, 1.165) is 18.5 Å². The molecule has 2 nitrogen and oxygen atoms in total. The van der Waals surface area contributed by atoms with Gasteiger partial charge in [-0.25, -0.2) is 4.98 Å². The van der Waals surface area contributed by atoms with Gasteiger partial charge in [-0.2, -0.15) is 0 Å². The summed E-state index contributed by atoms with van der Waals surface area (Å²) in [5, 5.41) is 4.57. The minimum absolute atomic E-state index is 0. The maximum atomic E-state index is 5.99. The molecule has 2 rings (SSSR count). The third-order valence-corrected chi connectivity index (χ3v) is 3.21. The van der Waals surface area contributed by atoms with Gasteiger partial charge in [0.25, 0.3) is 0 Å². The van der Waals surface area contributed by atoms with Crippen molar-refractivity contribution < 1.29 is 0 Å². The minimum Gasteiger partial charge on any atom is -0.310 e. The molecule has 1 aromatic rings. The third-order valence-electron chi connectivity index (χ3n) is 2.14. The van der Waals surface area contributed by atoms with Gasteiger partial charge in [0, 0.05) is 17.8 Å². The number of halogens is 4.